The Morgan fingerprint density at radius 3 is 2.65 bits per heavy atom. The van der Waals surface area contributed by atoms with Crippen LogP contribution >= 0.6 is 0 Å². The summed E-state index contributed by atoms with van der Waals surface area (Å²) in [6, 6.07) is 0. The molecule has 0 fully saturated rings. The second-order valence-corrected chi connectivity index (χ2v) is 4.07. The highest BCUT2D eigenvalue weighted by molar-refractivity contribution is 5.98. The fraction of sp³-hybridized carbons (Fsp3) is 0.636. The minimum Gasteiger partial charge on any atom is -0.475 e. The molecule has 0 amide bonds. The molecule has 0 aliphatic carbocycles. The molecule has 1 rings (SSSR count). The van der Waals surface area contributed by atoms with E-state index in [-0.39, 0.29) is 11.9 Å². The van der Waals surface area contributed by atoms with E-state index in [9.17, 15) is 0 Å². The van der Waals surface area contributed by atoms with Crippen LogP contribution in [0.4, 0.5) is 0 Å². The van der Waals surface area contributed by atoms with Crippen molar-refractivity contribution in [1.82, 2.24) is 9.78 Å². The molecule has 6 heteroatoms. The van der Waals surface area contributed by atoms with Crippen LogP contribution in [-0.2, 0) is 11.8 Å². The second-order valence-electron chi connectivity index (χ2n) is 4.07. The van der Waals surface area contributed by atoms with Crippen molar-refractivity contribution in [3.05, 3.63) is 11.3 Å². The summed E-state index contributed by atoms with van der Waals surface area (Å²) >= 11 is 0. The first kappa shape index (κ1) is 13.5. The zero-order valence-electron chi connectivity index (χ0n) is 10.8. The van der Waals surface area contributed by atoms with Gasteiger partial charge in [0, 0.05) is 7.05 Å². The lowest BCUT2D eigenvalue weighted by atomic mass is 10.2. The van der Waals surface area contributed by atoms with Gasteiger partial charge in [-0.3, -0.25) is 5.41 Å². The number of nitrogens with one attached hydrogen (secondary N) is 1. The van der Waals surface area contributed by atoms with Crippen molar-refractivity contribution in [1.29, 1.82) is 5.41 Å². The number of rotatable bonds is 6. The predicted molar refractivity (Wildman–Crippen MR) is 65.5 cm³/mol. The summed E-state index contributed by atoms with van der Waals surface area (Å²) in [6.07, 6.45) is 0.180. The molecular formula is C11H20N4O2. The van der Waals surface area contributed by atoms with Crippen LogP contribution in [0.5, 0.6) is 5.88 Å². The number of nitrogen functional groups attached to an aromatic ring is 1. The number of hydrogen-bond donors (Lipinski definition) is 2. The SMILES string of the molecule is Cc1nn(C)c(OCCOC(C)C)c1C(=N)N. The summed E-state index contributed by atoms with van der Waals surface area (Å²) in [4.78, 5) is 0. The number of aryl methyl sites for hydroxylation is 2. The minimum absolute atomic E-state index is 0.0321. The first-order chi connectivity index (χ1) is 7.93. The van der Waals surface area contributed by atoms with Crippen molar-refractivity contribution in [3.63, 3.8) is 0 Å². The maximum Gasteiger partial charge on any atom is 0.223 e. The van der Waals surface area contributed by atoms with Crippen molar-refractivity contribution in [2.24, 2.45) is 12.8 Å². The molecule has 0 aromatic carbocycles. The predicted octanol–water partition coefficient (Wildman–Crippen LogP) is 0.816. The van der Waals surface area contributed by atoms with Crippen LogP contribution in [0.2, 0.25) is 0 Å². The minimum atomic E-state index is -0.0321. The average Bonchev–Trinajstić information content (AvgIpc) is 2.48. The molecule has 0 unspecified atom stereocenters. The average molecular weight is 240 g/mol. The van der Waals surface area contributed by atoms with Gasteiger partial charge in [-0.15, -0.1) is 0 Å². The number of aromatic nitrogens is 2. The van der Waals surface area contributed by atoms with Crippen LogP contribution in [-0.4, -0.2) is 34.9 Å². The molecule has 0 aliphatic heterocycles. The lowest BCUT2D eigenvalue weighted by Crippen LogP contribution is -2.16. The molecule has 0 aliphatic rings. The van der Waals surface area contributed by atoms with Gasteiger partial charge in [-0.1, -0.05) is 0 Å². The van der Waals surface area contributed by atoms with E-state index in [0.29, 0.717) is 30.4 Å². The van der Waals surface area contributed by atoms with E-state index in [1.54, 1.807) is 18.7 Å². The van der Waals surface area contributed by atoms with Crippen LogP contribution in [0.15, 0.2) is 0 Å². The third-order valence-corrected chi connectivity index (χ3v) is 2.21. The smallest absolute Gasteiger partial charge is 0.223 e. The molecule has 6 nitrogen and oxygen atoms in total. The molecule has 3 N–H and O–H groups in total. The molecule has 1 aromatic heterocycles. The molecule has 0 saturated heterocycles. The largest absolute Gasteiger partial charge is 0.475 e. The molecule has 1 heterocycles. The zero-order chi connectivity index (χ0) is 13.0. The van der Waals surface area contributed by atoms with E-state index >= 15 is 0 Å². The van der Waals surface area contributed by atoms with Gasteiger partial charge in [0.2, 0.25) is 5.88 Å². The van der Waals surface area contributed by atoms with Crippen LogP contribution in [0.25, 0.3) is 0 Å². The summed E-state index contributed by atoms with van der Waals surface area (Å²) < 4.78 is 12.5. The summed E-state index contributed by atoms with van der Waals surface area (Å²) in [5, 5.41) is 11.7. The van der Waals surface area contributed by atoms with Crippen molar-refractivity contribution < 1.29 is 9.47 Å². The topological polar surface area (TPSA) is 86.2 Å². The maximum absolute atomic E-state index is 7.49. The Bertz CT molecular complexity index is 398. The van der Waals surface area contributed by atoms with Gasteiger partial charge in [0.25, 0.3) is 0 Å². The van der Waals surface area contributed by atoms with Gasteiger partial charge in [-0.05, 0) is 20.8 Å². The molecular weight excluding hydrogens is 220 g/mol. The lowest BCUT2D eigenvalue weighted by Gasteiger charge is -2.10. The van der Waals surface area contributed by atoms with Gasteiger partial charge in [0.05, 0.1) is 18.4 Å². The van der Waals surface area contributed by atoms with Gasteiger partial charge in [-0.2, -0.15) is 5.10 Å². The third-order valence-electron chi connectivity index (χ3n) is 2.21. The van der Waals surface area contributed by atoms with E-state index in [4.69, 9.17) is 20.6 Å². The summed E-state index contributed by atoms with van der Waals surface area (Å²) in [5.74, 6) is 0.484. The van der Waals surface area contributed by atoms with E-state index < -0.39 is 0 Å². The Balaban J connectivity index is 2.67. The Labute approximate surface area is 101 Å². The first-order valence-corrected chi connectivity index (χ1v) is 5.55. The van der Waals surface area contributed by atoms with Crippen LogP contribution in [0.3, 0.4) is 0 Å². The van der Waals surface area contributed by atoms with E-state index in [0.717, 1.165) is 0 Å². The standard InChI is InChI=1S/C11H20N4O2/c1-7(2)16-5-6-17-11-9(10(12)13)8(3)14-15(11)4/h7H,5-6H2,1-4H3,(H3,12,13). The third kappa shape index (κ3) is 3.45. The number of ether oxygens (including phenoxy) is 2. The van der Waals surface area contributed by atoms with E-state index in [1.807, 2.05) is 13.8 Å². The zero-order valence-corrected chi connectivity index (χ0v) is 10.8. The Morgan fingerprint density at radius 2 is 2.12 bits per heavy atom. The van der Waals surface area contributed by atoms with E-state index in [2.05, 4.69) is 5.10 Å². The van der Waals surface area contributed by atoms with Crippen molar-refractivity contribution in [2.75, 3.05) is 13.2 Å². The maximum atomic E-state index is 7.49. The molecule has 17 heavy (non-hydrogen) atoms. The van der Waals surface area contributed by atoms with Crippen LogP contribution in [0, 0.1) is 12.3 Å². The number of nitrogens with zero attached hydrogens (tertiary/aromatic N) is 2. The fourth-order valence-electron chi connectivity index (χ4n) is 1.53. The highest BCUT2D eigenvalue weighted by Crippen LogP contribution is 2.20. The Morgan fingerprint density at radius 1 is 1.47 bits per heavy atom. The molecule has 0 bridgehead atoms. The molecule has 1 aromatic rings. The van der Waals surface area contributed by atoms with Crippen molar-refractivity contribution in [2.45, 2.75) is 26.9 Å². The van der Waals surface area contributed by atoms with Gasteiger partial charge in [0.1, 0.15) is 18.0 Å². The Hall–Kier alpha value is -1.56. The summed E-state index contributed by atoms with van der Waals surface area (Å²) in [7, 11) is 1.76. The highest BCUT2D eigenvalue weighted by Gasteiger charge is 2.16. The summed E-state index contributed by atoms with van der Waals surface area (Å²) in [5.41, 5.74) is 6.75. The molecule has 0 spiro atoms. The second kappa shape index (κ2) is 5.67. The quantitative estimate of drug-likeness (QED) is 0.438. The van der Waals surface area contributed by atoms with Gasteiger partial charge in [0.15, 0.2) is 0 Å². The number of nitrogens with two attached hydrogens (primary N) is 1. The van der Waals surface area contributed by atoms with Gasteiger partial charge in [-0.25, -0.2) is 4.68 Å². The first-order valence-electron chi connectivity index (χ1n) is 5.55. The van der Waals surface area contributed by atoms with Crippen molar-refractivity contribution in [3.8, 4) is 5.88 Å². The molecule has 0 atom stereocenters. The molecule has 0 radical (unpaired) electrons. The number of amidine groups is 1. The van der Waals surface area contributed by atoms with Crippen LogP contribution in [0.1, 0.15) is 25.1 Å². The van der Waals surface area contributed by atoms with Gasteiger partial charge < -0.3 is 15.2 Å². The van der Waals surface area contributed by atoms with E-state index in [1.165, 1.54) is 0 Å². The van der Waals surface area contributed by atoms with Crippen LogP contribution < -0.4 is 10.5 Å². The monoisotopic (exact) mass is 240 g/mol. The Kier molecular flexibility index (Phi) is 4.51. The highest BCUT2D eigenvalue weighted by atomic mass is 16.5. The fourth-order valence-corrected chi connectivity index (χ4v) is 1.53. The number of hydrogen-bond acceptors (Lipinski definition) is 4. The normalized spacial score (nSPS) is 10.9. The van der Waals surface area contributed by atoms with Crippen molar-refractivity contribution >= 4 is 5.84 Å². The van der Waals surface area contributed by atoms with Gasteiger partial charge >= 0.3 is 0 Å². The lowest BCUT2D eigenvalue weighted by molar-refractivity contribution is 0.0533. The molecule has 96 valence electrons. The molecule has 0 saturated carbocycles. The summed E-state index contributed by atoms with van der Waals surface area (Å²) in [6.45, 7) is 6.65.